The van der Waals surface area contributed by atoms with Gasteiger partial charge in [0, 0.05) is 48.3 Å². The quantitative estimate of drug-likeness (QED) is 0.184. The van der Waals surface area contributed by atoms with Crippen LogP contribution in [0.15, 0.2) is 114 Å². The molecular formula is C41H42N6O5Si. The zero-order valence-electron chi connectivity index (χ0n) is 30.2. The third-order valence-corrected chi connectivity index (χ3v) is 15.6. The van der Waals surface area contributed by atoms with E-state index in [-0.39, 0.29) is 35.6 Å². The Hall–Kier alpha value is -5.43. The van der Waals surface area contributed by atoms with E-state index >= 15 is 4.79 Å². The average molecular weight is 727 g/mol. The van der Waals surface area contributed by atoms with Crippen LogP contribution >= 0.6 is 0 Å². The largest absolute Gasteiger partial charge is 0.497 e. The molecule has 8 rings (SSSR count). The first kappa shape index (κ1) is 34.6. The van der Waals surface area contributed by atoms with Gasteiger partial charge in [0.25, 0.3) is 11.5 Å². The molecule has 2 aliphatic rings. The third kappa shape index (κ3) is 5.68. The number of nitrogens with zero attached hydrogens (tertiary/aromatic N) is 6. The molecule has 2 aliphatic heterocycles. The van der Waals surface area contributed by atoms with Gasteiger partial charge in [0.05, 0.1) is 49.9 Å². The number of aryl methyl sites for hydroxylation is 1. The van der Waals surface area contributed by atoms with Gasteiger partial charge in [-0.15, -0.1) is 5.10 Å². The molecule has 0 bridgehead atoms. The topological polar surface area (TPSA) is 125 Å². The van der Waals surface area contributed by atoms with Crippen molar-refractivity contribution < 1.29 is 19.4 Å². The van der Waals surface area contributed by atoms with Crippen molar-refractivity contribution in [1.82, 2.24) is 24.8 Å². The van der Waals surface area contributed by atoms with Crippen LogP contribution in [0.4, 0.5) is 11.4 Å². The number of aromatic nitrogens is 5. The number of amides is 1. The lowest BCUT2D eigenvalue weighted by molar-refractivity contribution is -0.145. The molecule has 0 unspecified atom stereocenters. The molecule has 4 aromatic carbocycles. The fraction of sp³-hybridized carbons (Fsp3) is 0.293. The SMILES string of the molecule is COc1ccc([Si](C)(C)[C@@H]2[C@@H](CCn3cc(CCO)nn3)O[C@]3(C(=O)N(c4ccccc4)c4ccc(-n5ncc6ccccc6c5=O)cc43)[C@H]2C)cc1. The molecule has 0 aliphatic carbocycles. The number of methoxy groups -OCH3 is 1. The van der Waals surface area contributed by atoms with Crippen molar-refractivity contribution in [3.05, 3.63) is 131 Å². The Morgan fingerprint density at radius 3 is 2.45 bits per heavy atom. The Kier molecular flexibility index (Phi) is 8.84. The summed E-state index contributed by atoms with van der Waals surface area (Å²) in [5, 5.41) is 25.1. The maximum atomic E-state index is 15.3. The Balaban J connectivity index is 1.28. The van der Waals surface area contributed by atoms with Gasteiger partial charge in [0.15, 0.2) is 5.60 Å². The van der Waals surface area contributed by atoms with Crippen LogP contribution in [0.25, 0.3) is 16.5 Å². The molecule has 6 aromatic rings. The van der Waals surface area contributed by atoms with Crippen LogP contribution in [0.5, 0.6) is 5.75 Å². The summed E-state index contributed by atoms with van der Waals surface area (Å²) >= 11 is 0. The van der Waals surface area contributed by atoms with E-state index in [0.29, 0.717) is 30.5 Å². The minimum absolute atomic E-state index is 0.00351. The summed E-state index contributed by atoms with van der Waals surface area (Å²) in [4.78, 5) is 30.9. The van der Waals surface area contributed by atoms with Crippen molar-refractivity contribution in [2.75, 3.05) is 18.6 Å². The number of benzene rings is 4. The summed E-state index contributed by atoms with van der Waals surface area (Å²) < 4.78 is 16.1. The molecular weight excluding hydrogens is 685 g/mol. The Morgan fingerprint density at radius 2 is 1.70 bits per heavy atom. The van der Waals surface area contributed by atoms with Gasteiger partial charge in [0.2, 0.25) is 0 Å². The molecule has 1 saturated heterocycles. The van der Waals surface area contributed by atoms with Gasteiger partial charge in [-0.1, -0.05) is 78.9 Å². The fourth-order valence-corrected chi connectivity index (χ4v) is 12.7. The highest BCUT2D eigenvalue weighted by atomic mass is 28.3. The summed E-state index contributed by atoms with van der Waals surface area (Å²) in [5.41, 5.74) is 1.87. The lowest BCUT2D eigenvalue weighted by Gasteiger charge is -2.37. The zero-order valence-corrected chi connectivity index (χ0v) is 31.2. The predicted molar refractivity (Wildman–Crippen MR) is 206 cm³/mol. The number of aliphatic hydroxyl groups is 1. The van der Waals surface area contributed by atoms with Crippen molar-refractivity contribution in [2.24, 2.45) is 5.92 Å². The molecule has 11 nitrogen and oxygen atoms in total. The van der Waals surface area contributed by atoms with Gasteiger partial charge in [0.1, 0.15) is 5.75 Å². The van der Waals surface area contributed by atoms with Gasteiger partial charge in [-0.05, 0) is 60.5 Å². The highest BCUT2D eigenvalue weighted by Gasteiger charge is 2.66. The fourth-order valence-electron chi connectivity index (χ4n) is 8.67. The van der Waals surface area contributed by atoms with Gasteiger partial charge >= 0.3 is 0 Å². The maximum absolute atomic E-state index is 15.3. The van der Waals surface area contributed by atoms with Crippen molar-refractivity contribution >= 4 is 41.3 Å². The Bertz CT molecular complexity index is 2360. The van der Waals surface area contributed by atoms with Crippen LogP contribution < -0.4 is 20.4 Å². The van der Waals surface area contributed by atoms with Crippen LogP contribution in [0.3, 0.4) is 0 Å². The van der Waals surface area contributed by atoms with E-state index < -0.39 is 13.7 Å². The summed E-state index contributed by atoms with van der Waals surface area (Å²) in [6, 6.07) is 31.0. The lowest BCUT2D eigenvalue weighted by Crippen LogP contribution is -2.51. The molecule has 2 aromatic heterocycles. The molecule has 4 heterocycles. The van der Waals surface area contributed by atoms with E-state index in [4.69, 9.17) is 9.47 Å². The standard InChI is InChI=1S/C41H42N6O5Si/c1-27-38(53(3,4)33-17-15-32(51-2)16-18-33)37(20-22-45-26-29(21-23-48)43-44-45)52-41(27)35-24-31(47-39(49)34-13-9-8-10-28(34)25-42-47)14-19-36(35)46(40(41)50)30-11-6-5-7-12-30/h5-19,24-27,37-38,48H,20-23H2,1-4H3/t27-,37+,38-,41+/m0/s1. The van der Waals surface area contributed by atoms with Gasteiger partial charge in [-0.2, -0.15) is 9.78 Å². The molecule has 4 atom stereocenters. The number of hydrogen-bond donors (Lipinski definition) is 1. The lowest BCUT2D eigenvalue weighted by atomic mass is 9.82. The maximum Gasteiger partial charge on any atom is 0.279 e. The smallest absolute Gasteiger partial charge is 0.279 e. The van der Waals surface area contributed by atoms with E-state index in [1.54, 1.807) is 29.0 Å². The third-order valence-electron chi connectivity index (χ3n) is 11.3. The molecule has 0 radical (unpaired) electrons. The monoisotopic (exact) mass is 726 g/mol. The minimum atomic E-state index is -2.41. The van der Waals surface area contributed by atoms with Crippen LogP contribution in [0.2, 0.25) is 18.6 Å². The van der Waals surface area contributed by atoms with Crippen molar-refractivity contribution in [3.63, 3.8) is 0 Å². The van der Waals surface area contributed by atoms with Crippen LogP contribution in [0, 0.1) is 5.92 Å². The van der Waals surface area contributed by atoms with Crippen molar-refractivity contribution in [1.29, 1.82) is 0 Å². The van der Waals surface area contributed by atoms with Crippen LogP contribution in [-0.2, 0) is 28.1 Å². The number of hydrogen-bond acceptors (Lipinski definition) is 8. The first-order valence-corrected chi connectivity index (χ1v) is 21.1. The molecule has 1 amide bonds. The molecule has 0 saturated carbocycles. The highest BCUT2D eigenvalue weighted by Crippen LogP contribution is 2.61. The number of ether oxygens (including phenoxy) is 2. The second-order valence-corrected chi connectivity index (χ2v) is 19.2. The molecule has 53 heavy (non-hydrogen) atoms. The zero-order chi connectivity index (χ0) is 36.9. The summed E-state index contributed by atoms with van der Waals surface area (Å²) in [5.74, 6) is 0.379. The number of aliphatic hydroxyl groups excluding tert-OH is 1. The van der Waals surface area contributed by atoms with Gasteiger partial charge in [-0.25, -0.2) is 0 Å². The van der Waals surface area contributed by atoms with E-state index in [1.165, 1.54) is 9.87 Å². The molecule has 12 heteroatoms. The van der Waals surface area contributed by atoms with Crippen LogP contribution in [0.1, 0.15) is 24.6 Å². The summed E-state index contributed by atoms with van der Waals surface area (Å²) in [6.07, 6.45) is 4.25. The van der Waals surface area contributed by atoms with Crippen LogP contribution in [-0.4, -0.2) is 63.7 Å². The Labute approximate surface area is 308 Å². The number of rotatable bonds is 10. The average Bonchev–Trinajstić information content (AvgIpc) is 3.83. The van der Waals surface area contributed by atoms with Crippen molar-refractivity contribution in [3.8, 4) is 11.4 Å². The number of fused-ring (bicyclic) bond motifs is 3. The Morgan fingerprint density at radius 1 is 0.943 bits per heavy atom. The molecule has 270 valence electrons. The summed E-state index contributed by atoms with van der Waals surface area (Å²) in [7, 11) is -0.749. The van der Waals surface area contributed by atoms with Gasteiger partial charge in [-0.3, -0.25) is 19.2 Å². The first-order chi connectivity index (χ1) is 25.7. The first-order valence-electron chi connectivity index (χ1n) is 18.0. The van der Waals surface area contributed by atoms with E-state index in [9.17, 15) is 9.90 Å². The van der Waals surface area contributed by atoms with E-state index in [0.717, 1.165) is 33.8 Å². The number of anilines is 2. The van der Waals surface area contributed by atoms with E-state index in [2.05, 4.69) is 47.6 Å². The predicted octanol–water partition coefficient (Wildman–Crippen LogP) is 5.51. The minimum Gasteiger partial charge on any atom is -0.497 e. The number of para-hydroxylation sites is 1. The number of carbonyl (C=O) groups is 1. The van der Waals surface area contributed by atoms with Gasteiger partial charge < -0.3 is 14.6 Å². The van der Waals surface area contributed by atoms with Crippen molar-refractivity contribution in [2.45, 2.75) is 56.7 Å². The summed E-state index contributed by atoms with van der Waals surface area (Å²) in [6.45, 7) is 7.38. The number of carbonyl (C=O) groups excluding carboxylic acids is 1. The second-order valence-electron chi connectivity index (χ2n) is 14.5. The molecule has 1 N–H and O–H groups in total. The van der Waals surface area contributed by atoms with E-state index in [1.807, 2.05) is 85.1 Å². The molecule has 1 fully saturated rings. The highest BCUT2D eigenvalue weighted by molar-refractivity contribution is 6.91. The normalized spacial score (nSPS) is 21.1. The second kappa shape index (κ2) is 13.5. The molecule has 1 spiro atoms.